The lowest BCUT2D eigenvalue weighted by Crippen LogP contribution is -2.52. The van der Waals surface area contributed by atoms with Gasteiger partial charge in [-0.2, -0.15) is 0 Å². The van der Waals surface area contributed by atoms with Crippen LogP contribution in [-0.4, -0.2) is 43.8 Å². The second-order valence-electron chi connectivity index (χ2n) is 10.4. The van der Waals surface area contributed by atoms with Gasteiger partial charge in [0.2, 0.25) is 11.8 Å². The molecule has 40 heavy (non-hydrogen) atoms. The molecule has 1 fully saturated rings. The maximum Gasteiger partial charge on any atom is 0.264 e. The Hall–Kier alpha value is -3.72. The highest BCUT2D eigenvalue weighted by Gasteiger charge is 2.33. The third kappa shape index (κ3) is 6.88. The van der Waals surface area contributed by atoms with Crippen LogP contribution in [0.1, 0.15) is 49.3 Å². The summed E-state index contributed by atoms with van der Waals surface area (Å²) in [5, 5.41) is 3.07. The van der Waals surface area contributed by atoms with Crippen molar-refractivity contribution < 1.29 is 22.4 Å². The minimum Gasteiger partial charge on any atom is -0.352 e. The van der Waals surface area contributed by atoms with Crippen molar-refractivity contribution in [3.05, 3.63) is 95.3 Å². The number of hydrogen-bond acceptors (Lipinski definition) is 4. The van der Waals surface area contributed by atoms with Crippen LogP contribution in [-0.2, 0) is 26.2 Å². The first kappa shape index (κ1) is 29.3. The van der Waals surface area contributed by atoms with E-state index in [0.717, 1.165) is 58.8 Å². The van der Waals surface area contributed by atoms with Crippen LogP contribution >= 0.6 is 0 Å². The van der Waals surface area contributed by atoms with Gasteiger partial charge >= 0.3 is 0 Å². The van der Waals surface area contributed by atoms with E-state index in [1.54, 1.807) is 31.2 Å². The third-order valence-corrected chi connectivity index (χ3v) is 9.26. The maximum atomic E-state index is 14.0. The summed E-state index contributed by atoms with van der Waals surface area (Å²) in [6.45, 7) is 5.09. The molecular formula is C31H36FN3O4S. The molecule has 0 heterocycles. The Bertz CT molecular complexity index is 1440. The molecular weight excluding hydrogens is 529 g/mol. The van der Waals surface area contributed by atoms with Crippen LogP contribution in [0, 0.1) is 19.7 Å². The smallest absolute Gasteiger partial charge is 0.264 e. The Morgan fingerprint density at radius 2 is 1.57 bits per heavy atom. The molecule has 3 aromatic rings. The molecule has 2 amide bonds. The molecule has 4 rings (SSSR count). The number of amides is 2. The second kappa shape index (κ2) is 12.6. The maximum absolute atomic E-state index is 14.0. The Kier molecular flexibility index (Phi) is 9.25. The minimum absolute atomic E-state index is 0.0771. The summed E-state index contributed by atoms with van der Waals surface area (Å²) in [5.74, 6) is -1.36. The van der Waals surface area contributed by atoms with Crippen molar-refractivity contribution in [1.29, 1.82) is 0 Å². The number of nitrogens with zero attached hydrogens (tertiary/aromatic N) is 2. The van der Waals surface area contributed by atoms with Crippen molar-refractivity contribution in [2.45, 2.75) is 70.0 Å². The highest BCUT2D eigenvalue weighted by molar-refractivity contribution is 7.92. The molecule has 0 aliphatic heterocycles. The first-order valence-corrected chi connectivity index (χ1v) is 15.0. The number of nitrogens with one attached hydrogen (secondary N) is 1. The fourth-order valence-corrected chi connectivity index (χ4v) is 6.33. The van der Waals surface area contributed by atoms with Crippen molar-refractivity contribution in [2.24, 2.45) is 0 Å². The summed E-state index contributed by atoms with van der Waals surface area (Å²) in [6, 6.07) is 18.1. The standard InChI is InChI=1S/C31H36FN3O4S/c1-22-12-16-28(17-13-22)35(40(38,39)29-18-14-26(32)15-19-29)21-30(36)34(20-25-9-5-4-8-23(25)2)24(3)31(37)33-27-10-6-7-11-27/h4-5,8-9,12-19,24,27H,6-7,10-11,20-21H2,1-3H3,(H,33,37). The van der Waals surface area contributed by atoms with E-state index in [2.05, 4.69) is 5.32 Å². The molecule has 212 valence electrons. The summed E-state index contributed by atoms with van der Waals surface area (Å²) in [6.07, 6.45) is 3.92. The van der Waals surface area contributed by atoms with Crippen LogP contribution in [0.25, 0.3) is 0 Å². The van der Waals surface area contributed by atoms with E-state index in [1.807, 2.05) is 38.1 Å². The molecule has 0 aromatic heterocycles. The Labute approximate surface area is 236 Å². The summed E-state index contributed by atoms with van der Waals surface area (Å²) in [5.41, 5.74) is 3.03. The minimum atomic E-state index is -4.24. The largest absolute Gasteiger partial charge is 0.352 e. The van der Waals surface area contributed by atoms with E-state index in [1.165, 1.54) is 17.0 Å². The molecule has 1 atom stereocenters. The molecule has 3 aromatic carbocycles. The van der Waals surface area contributed by atoms with Gasteiger partial charge in [0.05, 0.1) is 10.6 Å². The number of carbonyl (C=O) groups is 2. The van der Waals surface area contributed by atoms with Gasteiger partial charge in [-0.3, -0.25) is 13.9 Å². The van der Waals surface area contributed by atoms with E-state index >= 15 is 0 Å². The van der Waals surface area contributed by atoms with Gasteiger partial charge in [-0.1, -0.05) is 54.8 Å². The van der Waals surface area contributed by atoms with Gasteiger partial charge in [-0.15, -0.1) is 0 Å². The van der Waals surface area contributed by atoms with E-state index in [9.17, 15) is 22.4 Å². The average Bonchev–Trinajstić information content (AvgIpc) is 3.44. The molecule has 1 aliphatic rings. The van der Waals surface area contributed by atoms with Gasteiger partial charge in [-0.05, 0) is 81.1 Å². The van der Waals surface area contributed by atoms with Crippen LogP contribution in [0.15, 0.2) is 77.7 Å². The lowest BCUT2D eigenvalue weighted by Gasteiger charge is -2.33. The van der Waals surface area contributed by atoms with Gasteiger partial charge in [0, 0.05) is 12.6 Å². The fraction of sp³-hybridized carbons (Fsp3) is 0.355. The predicted molar refractivity (Wildman–Crippen MR) is 154 cm³/mol. The van der Waals surface area contributed by atoms with Crippen LogP contribution in [0.5, 0.6) is 0 Å². The zero-order valence-corrected chi connectivity index (χ0v) is 24.0. The number of anilines is 1. The Morgan fingerprint density at radius 1 is 0.950 bits per heavy atom. The molecule has 0 spiro atoms. The Morgan fingerprint density at radius 3 is 2.20 bits per heavy atom. The first-order chi connectivity index (χ1) is 19.1. The van der Waals surface area contributed by atoms with E-state index in [4.69, 9.17) is 0 Å². The molecule has 1 saturated carbocycles. The number of aryl methyl sites for hydroxylation is 2. The zero-order chi connectivity index (χ0) is 28.9. The quantitative estimate of drug-likeness (QED) is 0.370. The molecule has 9 heteroatoms. The van der Waals surface area contributed by atoms with Crippen LogP contribution in [0.2, 0.25) is 0 Å². The third-order valence-electron chi connectivity index (χ3n) is 7.47. The predicted octanol–water partition coefficient (Wildman–Crippen LogP) is 5.11. The zero-order valence-electron chi connectivity index (χ0n) is 23.1. The van der Waals surface area contributed by atoms with Crippen LogP contribution < -0.4 is 9.62 Å². The Balaban J connectivity index is 1.69. The number of benzene rings is 3. The fourth-order valence-electron chi connectivity index (χ4n) is 4.92. The molecule has 1 N–H and O–H groups in total. The number of sulfonamides is 1. The molecule has 0 bridgehead atoms. The number of carbonyl (C=O) groups excluding carboxylic acids is 2. The second-order valence-corrected chi connectivity index (χ2v) is 12.3. The first-order valence-electron chi connectivity index (χ1n) is 13.6. The highest BCUT2D eigenvalue weighted by atomic mass is 32.2. The van der Waals surface area contributed by atoms with Crippen molar-refractivity contribution in [3.8, 4) is 0 Å². The number of halogens is 1. The topological polar surface area (TPSA) is 86.8 Å². The molecule has 0 saturated heterocycles. The van der Waals surface area contributed by atoms with Crippen molar-refractivity contribution >= 4 is 27.5 Å². The average molecular weight is 566 g/mol. The highest BCUT2D eigenvalue weighted by Crippen LogP contribution is 2.26. The summed E-state index contributed by atoms with van der Waals surface area (Å²) in [4.78, 5) is 28.6. The van der Waals surface area contributed by atoms with E-state index < -0.39 is 34.3 Å². The molecule has 7 nitrogen and oxygen atoms in total. The number of hydrogen-bond donors (Lipinski definition) is 1. The summed E-state index contributed by atoms with van der Waals surface area (Å²) in [7, 11) is -4.24. The normalized spacial score (nSPS) is 14.5. The van der Waals surface area contributed by atoms with Crippen molar-refractivity contribution in [2.75, 3.05) is 10.8 Å². The monoisotopic (exact) mass is 565 g/mol. The van der Waals surface area contributed by atoms with Gasteiger partial charge in [0.25, 0.3) is 10.0 Å². The van der Waals surface area contributed by atoms with Gasteiger partial charge < -0.3 is 10.2 Å². The van der Waals surface area contributed by atoms with E-state index in [0.29, 0.717) is 5.69 Å². The molecule has 1 aliphatic carbocycles. The van der Waals surface area contributed by atoms with Gasteiger partial charge in [-0.25, -0.2) is 12.8 Å². The lowest BCUT2D eigenvalue weighted by molar-refractivity contribution is -0.139. The van der Waals surface area contributed by atoms with Crippen molar-refractivity contribution in [3.63, 3.8) is 0 Å². The van der Waals surface area contributed by atoms with Crippen LogP contribution in [0.3, 0.4) is 0 Å². The van der Waals surface area contributed by atoms with Gasteiger partial charge in [0.1, 0.15) is 18.4 Å². The molecule has 1 unspecified atom stereocenters. The summed E-state index contributed by atoms with van der Waals surface area (Å²) >= 11 is 0. The van der Waals surface area contributed by atoms with Gasteiger partial charge in [0.15, 0.2) is 0 Å². The van der Waals surface area contributed by atoms with Crippen molar-refractivity contribution in [1.82, 2.24) is 10.2 Å². The SMILES string of the molecule is Cc1ccc(N(CC(=O)N(Cc2ccccc2C)C(C)C(=O)NC2CCCC2)S(=O)(=O)c2ccc(F)cc2)cc1. The van der Waals surface area contributed by atoms with E-state index in [-0.39, 0.29) is 23.4 Å². The summed E-state index contributed by atoms with van der Waals surface area (Å²) < 4.78 is 42.2. The molecule has 0 radical (unpaired) electrons. The lowest BCUT2D eigenvalue weighted by atomic mass is 10.1. The van der Waals surface area contributed by atoms with Crippen LogP contribution in [0.4, 0.5) is 10.1 Å². The number of rotatable bonds is 10.